The van der Waals surface area contributed by atoms with E-state index in [1.807, 2.05) is 6.92 Å². The second-order valence-electron chi connectivity index (χ2n) is 4.10. The van der Waals surface area contributed by atoms with E-state index in [4.69, 9.17) is 23.8 Å². The van der Waals surface area contributed by atoms with Gasteiger partial charge in [-0.2, -0.15) is 0 Å². The van der Waals surface area contributed by atoms with Crippen LogP contribution < -0.4 is 5.56 Å². The molecule has 6 heteroatoms. The predicted molar refractivity (Wildman–Crippen MR) is 75.8 cm³/mol. The first-order valence-corrected chi connectivity index (χ1v) is 6.58. The molecule has 19 heavy (non-hydrogen) atoms. The Hall–Kier alpha value is -1.46. The molecular weight excluding hydrogens is 287 g/mol. The second kappa shape index (κ2) is 5.67. The fraction of sp³-hybridized carbons (Fsp3) is 0.231. The first kappa shape index (κ1) is 14.0. The zero-order valence-electron chi connectivity index (χ0n) is 10.2. The van der Waals surface area contributed by atoms with Gasteiger partial charge < -0.3 is 4.98 Å². The van der Waals surface area contributed by atoms with Gasteiger partial charge in [0.15, 0.2) is 4.77 Å². The number of aromatic nitrogens is 2. The highest BCUT2D eigenvalue weighted by Crippen LogP contribution is 2.22. The number of rotatable bonds is 3. The second-order valence-corrected chi connectivity index (χ2v) is 4.91. The van der Waals surface area contributed by atoms with Crippen LogP contribution in [0.25, 0.3) is 0 Å². The molecule has 0 aliphatic heterocycles. The van der Waals surface area contributed by atoms with Gasteiger partial charge in [-0.3, -0.25) is 9.78 Å². The van der Waals surface area contributed by atoms with Crippen LogP contribution in [0.1, 0.15) is 23.7 Å². The maximum Gasteiger partial charge on any atom is 0.255 e. The molecule has 1 aromatic carbocycles. The molecular formula is C13H12ClFN2OS. The minimum atomic E-state index is -0.420. The van der Waals surface area contributed by atoms with Crippen molar-refractivity contribution in [3.8, 4) is 0 Å². The van der Waals surface area contributed by atoms with E-state index in [9.17, 15) is 9.18 Å². The van der Waals surface area contributed by atoms with Crippen LogP contribution in [0.4, 0.5) is 4.39 Å². The van der Waals surface area contributed by atoms with Crippen molar-refractivity contribution in [3.63, 3.8) is 0 Å². The van der Waals surface area contributed by atoms with Crippen LogP contribution in [-0.2, 0) is 12.8 Å². The van der Waals surface area contributed by atoms with Crippen molar-refractivity contribution in [3.05, 3.63) is 61.0 Å². The Balaban J connectivity index is 2.56. The van der Waals surface area contributed by atoms with E-state index in [0.29, 0.717) is 28.3 Å². The molecule has 0 spiro atoms. The minimum Gasteiger partial charge on any atom is -0.336 e. The number of aromatic amines is 2. The van der Waals surface area contributed by atoms with Gasteiger partial charge in [0.25, 0.3) is 5.56 Å². The molecule has 0 amide bonds. The van der Waals surface area contributed by atoms with Crippen LogP contribution in [0, 0.1) is 10.6 Å². The highest BCUT2D eigenvalue weighted by Gasteiger charge is 2.13. The number of H-pyrrole nitrogens is 2. The number of hydrogen-bond donors (Lipinski definition) is 2. The van der Waals surface area contributed by atoms with Crippen LogP contribution in [0.5, 0.6) is 0 Å². The molecule has 1 heterocycles. The fourth-order valence-electron chi connectivity index (χ4n) is 1.93. The molecule has 100 valence electrons. The SMILES string of the molecule is CCc1[nH]c(=S)[nH]c(=O)c1Cc1c(F)cccc1Cl. The highest BCUT2D eigenvalue weighted by atomic mass is 35.5. The standard InChI is InChI=1S/C13H12ClFN2OS/c1-2-11-8(12(18)17-13(19)16-11)6-7-9(14)4-3-5-10(7)15/h3-5H,2,6H2,1H3,(H2,16,17,18,19). The number of benzene rings is 1. The molecule has 0 saturated heterocycles. The van der Waals surface area contributed by atoms with Crippen molar-refractivity contribution in [1.29, 1.82) is 0 Å². The summed E-state index contributed by atoms with van der Waals surface area (Å²) in [5.41, 5.74) is 1.17. The summed E-state index contributed by atoms with van der Waals surface area (Å²) in [6.45, 7) is 1.90. The summed E-state index contributed by atoms with van der Waals surface area (Å²) in [7, 11) is 0. The van der Waals surface area contributed by atoms with Crippen molar-refractivity contribution in [2.45, 2.75) is 19.8 Å². The Morgan fingerprint density at radius 1 is 1.32 bits per heavy atom. The highest BCUT2D eigenvalue weighted by molar-refractivity contribution is 7.71. The third kappa shape index (κ3) is 2.93. The van der Waals surface area contributed by atoms with Crippen LogP contribution in [-0.4, -0.2) is 9.97 Å². The van der Waals surface area contributed by atoms with E-state index < -0.39 is 5.82 Å². The lowest BCUT2D eigenvalue weighted by molar-refractivity contribution is 0.613. The molecule has 2 N–H and O–H groups in total. The third-order valence-electron chi connectivity index (χ3n) is 2.90. The van der Waals surface area contributed by atoms with E-state index in [0.717, 1.165) is 0 Å². The molecule has 0 radical (unpaired) electrons. The lowest BCUT2D eigenvalue weighted by Crippen LogP contribution is -2.18. The molecule has 1 aromatic heterocycles. The van der Waals surface area contributed by atoms with E-state index in [1.54, 1.807) is 6.07 Å². The number of halogens is 2. The van der Waals surface area contributed by atoms with E-state index in [1.165, 1.54) is 12.1 Å². The van der Waals surface area contributed by atoms with Gasteiger partial charge in [0, 0.05) is 28.3 Å². The Kier molecular flexibility index (Phi) is 4.17. The molecule has 0 aliphatic carbocycles. The first-order valence-electron chi connectivity index (χ1n) is 5.80. The minimum absolute atomic E-state index is 0.135. The van der Waals surface area contributed by atoms with Gasteiger partial charge in [0.1, 0.15) is 5.82 Å². The molecule has 0 fully saturated rings. The molecule has 0 bridgehead atoms. The zero-order chi connectivity index (χ0) is 14.0. The lowest BCUT2D eigenvalue weighted by atomic mass is 10.0. The Morgan fingerprint density at radius 2 is 2.05 bits per heavy atom. The summed E-state index contributed by atoms with van der Waals surface area (Å²) in [4.78, 5) is 17.4. The van der Waals surface area contributed by atoms with Gasteiger partial charge in [0.2, 0.25) is 0 Å². The van der Waals surface area contributed by atoms with Crippen molar-refractivity contribution < 1.29 is 4.39 Å². The summed E-state index contributed by atoms with van der Waals surface area (Å²) in [6, 6.07) is 4.46. The van der Waals surface area contributed by atoms with E-state index in [-0.39, 0.29) is 16.8 Å². The van der Waals surface area contributed by atoms with Gasteiger partial charge in [0.05, 0.1) is 0 Å². The normalized spacial score (nSPS) is 10.7. The smallest absolute Gasteiger partial charge is 0.255 e. The maximum absolute atomic E-state index is 13.8. The fourth-order valence-corrected chi connectivity index (χ4v) is 2.37. The van der Waals surface area contributed by atoms with Crippen molar-refractivity contribution >= 4 is 23.8 Å². The molecule has 0 aliphatic rings. The summed E-state index contributed by atoms with van der Waals surface area (Å²) < 4.78 is 14.0. The van der Waals surface area contributed by atoms with Crippen LogP contribution in [0.15, 0.2) is 23.0 Å². The summed E-state index contributed by atoms with van der Waals surface area (Å²) in [5, 5.41) is 0.309. The van der Waals surface area contributed by atoms with E-state index in [2.05, 4.69) is 9.97 Å². The Morgan fingerprint density at radius 3 is 2.68 bits per heavy atom. The van der Waals surface area contributed by atoms with Crippen molar-refractivity contribution in [2.24, 2.45) is 0 Å². The van der Waals surface area contributed by atoms with Crippen LogP contribution in [0.3, 0.4) is 0 Å². The van der Waals surface area contributed by atoms with Gasteiger partial charge in [-0.05, 0) is 30.8 Å². The third-order valence-corrected chi connectivity index (χ3v) is 3.46. The van der Waals surface area contributed by atoms with Gasteiger partial charge in [-0.1, -0.05) is 24.6 Å². The topological polar surface area (TPSA) is 48.6 Å². The number of hydrogen-bond acceptors (Lipinski definition) is 2. The van der Waals surface area contributed by atoms with Gasteiger partial charge >= 0.3 is 0 Å². The summed E-state index contributed by atoms with van der Waals surface area (Å²) in [6.07, 6.45) is 0.741. The number of aryl methyl sites for hydroxylation is 1. The van der Waals surface area contributed by atoms with Gasteiger partial charge in [-0.15, -0.1) is 0 Å². The van der Waals surface area contributed by atoms with Crippen molar-refractivity contribution in [1.82, 2.24) is 9.97 Å². The molecule has 3 nitrogen and oxygen atoms in total. The molecule has 0 unspecified atom stereocenters. The van der Waals surface area contributed by atoms with E-state index >= 15 is 0 Å². The molecule has 2 rings (SSSR count). The van der Waals surface area contributed by atoms with Crippen molar-refractivity contribution in [2.75, 3.05) is 0 Å². The monoisotopic (exact) mass is 298 g/mol. The molecule has 2 aromatic rings. The van der Waals surface area contributed by atoms with Crippen LogP contribution in [0.2, 0.25) is 5.02 Å². The van der Waals surface area contributed by atoms with Crippen LogP contribution >= 0.6 is 23.8 Å². The average Bonchev–Trinajstić information content (AvgIpc) is 2.35. The first-order chi connectivity index (χ1) is 9.02. The Bertz CT molecular complexity index is 703. The van der Waals surface area contributed by atoms with Gasteiger partial charge in [-0.25, -0.2) is 4.39 Å². The summed E-state index contributed by atoms with van der Waals surface area (Å²) in [5.74, 6) is -0.420. The zero-order valence-corrected chi connectivity index (χ0v) is 11.8. The summed E-state index contributed by atoms with van der Waals surface area (Å²) >= 11 is 10.9. The quantitative estimate of drug-likeness (QED) is 0.854. The maximum atomic E-state index is 13.8. The molecule has 0 saturated carbocycles. The molecule has 0 atom stereocenters. The number of nitrogens with one attached hydrogen (secondary N) is 2. The Labute approximate surface area is 119 Å². The average molecular weight is 299 g/mol. The lowest BCUT2D eigenvalue weighted by Gasteiger charge is -2.09. The predicted octanol–water partition coefficient (Wildman–Crippen LogP) is 3.38. The largest absolute Gasteiger partial charge is 0.336 e.